The molecule has 23 heavy (non-hydrogen) atoms. The molecule has 0 aromatic carbocycles. The number of hydrogen-bond acceptors (Lipinski definition) is 3. The lowest BCUT2D eigenvalue weighted by Crippen LogP contribution is -2.37. The van der Waals surface area contributed by atoms with Gasteiger partial charge in [-0.1, -0.05) is 12.5 Å². The molecule has 2 heterocycles. The summed E-state index contributed by atoms with van der Waals surface area (Å²) in [5, 5.41) is 10.6. The minimum absolute atomic E-state index is 0.113. The van der Waals surface area contributed by atoms with Crippen LogP contribution in [-0.2, 0) is 11.3 Å². The third kappa shape index (κ3) is 3.46. The van der Waals surface area contributed by atoms with Gasteiger partial charge in [0.1, 0.15) is 0 Å². The smallest absolute Gasteiger partial charge is 0.349 e. The number of carbonyl (C=O) groups is 1. The SMILES string of the molecule is O=C(NCc1nnc2ccccn12)[C@H]1CCC[C@H](C(F)(F)F)C1. The van der Waals surface area contributed by atoms with Crippen LogP contribution in [0, 0.1) is 11.8 Å². The Morgan fingerprint density at radius 1 is 1.30 bits per heavy atom. The molecule has 0 bridgehead atoms. The van der Waals surface area contributed by atoms with Crippen molar-refractivity contribution in [3.8, 4) is 0 Å². The molecule has 2 aromatic rings. The van der Waals surface area contributed by atoms with Gasteiger partial charge in [0.05, 0.1) is 12.5 Å². The van der Waals surface area contributed by atoms with Gasteiger partial charge in [0.25, 0.3) is 0 Å². The Hall–Kier alpha value is -2.12. The van der Waals surface area contributed by atoms with Crippen molar-refractivity contribution < 1.29 is 18.0 Å². The monoisotopic (exact) mass is 326 g/mol. The quantitative estimate of drug-likeness (QED) is 0.943. The Bertz CT molecular complexity index is 697. The Morgan fingerprint density at radius 3 is 2.91 bits per heavy atom. The summed E-state index contributed by atoms with van der Waals surface area (Å²) in [5.41, 5.74) is 0.659. The van der Waals surface area contributed by atoms with Gasteiger partial charge in [-0.15, -0.1) is 10.2 Å². The molecule has 1 amide bonds. The molecule has 0 radical (unpaired) electrons. The van der Waals surface area contributed by atoms with Crippen molar-refractivity contribution in [2.24, 2.45) is 11.8 Å². The maximum absolute atomic E-state index is 12.8. The van der Waals surface area contributed by atoms with E-state index in [4.69, 9.17) is 0 Å². The maximum atomic E-state index is 12.8. The van der Waals surface area contributed by atoms with Crippen molar-refractivity contribution in [1.29, 1.82) is 0 Å². The summed E-state index contributed by atoms with van der Waals surface area (Å²) in [5.74, 6) is -1.75. The maximum Gasteiger partial charge on any atom is 0.391 e. The van der Waals surface area contributed by atoms with Gasteiger partial charge in [-0.05, 0) is 31.4 Å². The molecule has 2 aromatic heterocycles. The molecule has 8 heteroatoms. The van der Waals surface area contributed by atoms with Crippen molar-refractivity contribution in [2.75, 3.05) is 0 Å². The van der Waals surface area contributed by atoms with Crippen LogP contribution in [0.2, 0.25) is 0 Å². The Balaban J connectivity index is 1.61. The number of halogens is 3. The van der Waals surface area contributed by atoms with Crippen LogP contribution in [0.15, 0.2) is 24.4 Å². The number of pyridine rings is 1. The third-order valence-corrected chi connectivity index (χ3v) is 4.31. The second kappa shape index (κ2) is 6.17. The van der Waals surface area contributed by atoms with Crippen LogP contribution >= 0.6 is 0 Å². The van der Waals surface area contributed by atoms with Crippen molar-refractivity contribution in [3.05, 3.63) is 30.2 Å². The molecule has 1 aliphatic rings. The highest BCUT2D eigenvalue weighted by Crippen LogP contribution is 2.39. The van der Waals surface area contributed by atoms with E-state index in [0.29, 0.717) is 24.3 Å². The zero-order chi connectivity index (χ0) is 16.4. The summed E-state index contributed by atoms with van der Waals surface area (Å²) < 4.78 is 40.2. The van der Waals surface area contributed by atoms with E-state index in [1.54, 1.807) is 16.7 Å². The van der Waals surface area contributed by atoms with E-state index in [-0.39, 0.29) is 25.3 Å². The number of rotatable bonds is 3. The molecule has 5 nitrogen and oxygen atoms in total. The first-order valence-corrected chi connectivity index (χ1v) is 7.58. The number of amides is 1. The first-order chi connectivity index (χ1) is 10.9. The lowest BCUT2D eigenvalue weighted by atomic mass is 9.80. The zero-order valence-electron chi connectivity index (χ0n) is 12.4. The van der Waals surface area contributed by atoms with Gasteiger partial charge in [-0.3, -0.25) is 9.20 Å². The molecule has 2 atom stereocenters. The standard InChI is InChI=1S/C15H17F3N4O/c16-15(17,18)11-5-3-4-10(8-11)14(23)19-9-13-21-20-12-6-1-2-7-22(12)13/h1-2,6-7,10-11H,3-5,8-9H2,(H,19,23)/t10-,11-/m0/s1. The molecular weight excluding hydrogens is 309 g/mol. The van der Waals surface area contributed by atoms with Gasteiger partial charge < -0.3 is 5.32 Å². The fraction of sp³-hybridized carbons (Fsp3) is 0.533. The van der Waals surface area contributed by atoms with E-state index >= 15 is 0 Å². The van der Waals surface area contributed by atoms with Crippen LogP contribution < -0.4 is 5.32 Å². The predicted molar refractivity (Wildman–Crippen MR) is 76.3 cm³/mol. The Labute approximate surface area is 130 Å². The zero-order valence-corrected chi connectivity index (χ0v) is 12.4. The van der Waals surface area contributed by atoms with E-state index in [0.717, 1.165) is 0 Å². The number of nitrogens with zero attached hydrogens (tertiary/aromatic N) is 3. The van der Waals surface area contributed by atoms with E-state index in [9.17, 15) is 18.0 Å². The fourth-order valence-corrected chi connectivity index (χ4v) is 3.05. The molecule has 0 spiro atoms. The molecule has 1 fully saturated rings. The van der Waals surface area contributed by atoms with Crippen LogP contribution in [0.1, 0.15) is 31.5 Å². The highest BCUT2D eigenvalue weighted by Gasteiger charge is 2.43. The van der Waals surface area contributed by atoms with Crippen molar-refractivity contribution in [3.63, 3.8) is 0 Å². The number of fused-ring (bicyclic) bond motifs is 1. The number of hydrogen-bond donors (Lipinski definition) is 1. The normalized spacial score (nSPS) is 22.2. The van der Waals surface area contributed by atoms with Crippen LogP contribution in [0.3, 0.4) is 0 Å². The second-order valence-corrected chi connectivity index (χ2v) is 5.86. The molecule has 0 saturated heterocycles. The average molecular weight is 326 g/mol. The summed E-state index contributed by atoms with van der Waals surface area (Å²) in [6.07, 6.45) is -1.54. The first kappa shape index (κ1) is 15.8. The van der Waals surface area contributed by atoms with Gasteiger partial charge in [0, 0.05) is 12.1 Å². The van der Waals surface area contributed by atoms with Crippen LogP contribution in [0.5, 0.6) is 0 Å². The fourth-order valence-electron chi connectivity index (χ4n) is 3.05. The minimum atomic E-state index is -4.22. The van der Waals surface area contributed by atoms with Crippen molar-refractivity contribution in [2.45, 2.75) is 38.4 Å². The van der Waals surface area contributed by atoms with Gasteiger partial charge >= 0.3 is 6.18 Å². The molecule has 124 valence electrons. The van der Waals surface area contributed by atoms with Gasteiger partial charge in [-0.2, -0.15) is 13.2 Å². The van der Waals surface area contributed by atoms with Crippen LogP contribution in [-0.4, -0.2) is 26.7 Å². The molecule has 1 aliphatic carbocycles. The largest absolute Gasteiger partial charge is 0.391 e. The molecule has 0 unspecified atom stereocenters. The number of aromatic nitrogens is 3. The Kier molecular flexibility index (Phi) is 4.23. The highest BCUT2D eigenvalue weighted by molar-refractivity contribution is 5.78. The van der Waals surface area contributed by atoms with Crippen LogP contribution in [0.4, 0.5) is 13.2 Å². The third-order valence-electron chi connectivity index (χ3n) is 4.31. The average Bonchev–Trinajstić information content (AvgIpc) is 2.95. The minimum Gasteiger partial charge on any atom is -0.349 e. The molecular formula is C15H17F3N4O. The van der Waals surface area contributed by atoms with Crippen LogP contribution in [0.25, 0.3) is 5.65 Å². The first-order valence-electron chi connectivity index (χ1n) is 7.58. The van der Waals surface area contributed by atoms with E-state index in [1.165, 1.54) is 0 Å². The number of nitrogens with one attached hydrogen (secondary N) is 1. The summed E-state index contributed by atoms with van der Waals surface area (Å²) in [6.45, 7) is 0.150. The van der Waals surface area contributed by atoms with E-state index in [1.807, 2.05) is 12.1 Å². The van der Waals surface area contributed by atoms with Gasteiger partial charge in [0.15, 0.2) is 11.5 Å². The van der Waals surface area contributed by atoms with E-state index < -0.39 is 18.0 Å². The molecule has 1 saturated carbocycles. The van der Waals surface area contributed by atoms with Gasteiger partial charge in [-0.25, -0.2) is 0 Å². The second-order valence-electron chi connectivity index (χ2n) is 5.86. The molecule has 3 rings (SSSR count). The summed E-state index contributed by atoms with van der Waals surface area (Å²) >= 11 is 0. The summed E-state index contributed by atoms with van der Waals surface area (Å²) in [7, 11) is 0. The van der Waals surface area contributed by atoms with Gasteiger partial charge in [0.2, 0.25) is 5.91 Å². The molecule has 1 N–H and O–H groups in total. The van der Waals surface area contributed by atoms with E-state index in [2.05, 4.69) is 15.5 Å². The number of carbonyl (C=O) groups excluding carboxylic acids is 1. The predicted octanol–water partition coefficient (Wildman–Crippen LogP) is 2.71. The van der Waals surface area contributed by atoms with Crippen molar-refractivity contribution >= 4 is 11.6 Å². The Morgan fingerprint density at radius 2 is 2.13 bits per heavy atom. The van der Waals surface area contributed by atoms with Crippen molar-refractivity contribution in [1.82, 2.24) is 19.9 Å². The summed E-state index contributed by atoms with van der Waals surface area (Å²) in [6, 6.07) is 5.43. The number of alkyl halides is 3. The lowest BCUT2D eigenvalue weighted by Gasteiger charge is -2.29. The topological polar surface area (TPSA) is 59.3 Å². The lowest BCUT2D eigenvalue weighted by molar-refractivity contribution is -0.186. The summed E-state index contributed by atoms with van der Waals surface area (Å²) in [4.78, 5) is 12.2. The molecule has 0 aliphatic heterocycles. The highest BCUT2D eigenvalue weighted by atomic mass is 19.4.